The van der Waals surface area contributed by atoms with Crippen molar-refractivity contribution in [1.82, 2.24) is 0 Å². The lowest BCUT2D eigenvalue weighted by Gasteiger charge is -2.16. The summed E-state index contributed by atoms with van der Waals surface area (Å²) in [7, 11) is 1.65. The van der Waals surface area contributed by atoms with E-state index in [4.69, 9.17) is 14.9 Å². The summed E-state index contributed by atoms with van der Waals surface area (Å²) >= 11 is 3.38. The molecule has 0 aliphatic rings. The highest BCUT2D eigenvalue weighted by molar-refractivity contribution is 8.16. The highest BCUT2D eigenvalue weighted by atomic mass is 32.2. The van der Waals surface area contributed by atoms with Crippen LogP contribution < -0.4 is 4.74 Å². The van der Waals surface area contributed by atoms with Crippen LogP contribution in [0.3, 0.4) is 0 Å². The lowest BCUT2D eigenvalue weighted by Crippen LogP contribution is -1.97. The third kappa shape index (κ3) is 5.21. The highest BCUT2D eigenvalue weighted by Gasteiger charge is 2.12. The Morgan fingerprint density at radius 2 is 1.59 bits per heavy atom. The number of methoxy groups -OCH3 is 1. The van der Waals surface area contributed by atoms with E-state index >= 15 is 0 Å². The van der Waals surface area contributed by atoms with Crippen LogP contribution in [0.1, 0.15) is 10.1 Å². The molecule has 1 aromatic rings. The smallest absolute Gasteiger partial charge is 0.118 e. The second-order valence-electron chi connectivity index (χ2n) is 3.29. The van der Waals surface area contributed by atoms with Gasteiger partial charge in [-0.1, -0.05) is 12.1 Å². The molecule has 0 spiro atoms. The zero-order valence-electron chi connectivity index (χ0n) is 9.83. The number of hydrogen-bond acceptors (Lipinski definition) is 5. The molecule has 0 atom stereocenters. The maximum Gasteiger partial charge on any atom is 0.118 e. The van der Waals surface area contributed by atoms with Gasteiger partial charge in [0.2, 0.25) is 0 Å². The zero-order valence-corrected chi connectivity index (χ0v) is 11.5. The minimum Gasteiger partial charge on any atom is -0.497 e. The molecule has 0 bridgehead atoms. The summed E-state index contributed by atoms with van der Waals surface area (Å²) in [5.74, 6) is 2.25. The van der Waals surface area contributed by atoms with Crippen molar-refractivity contribution in [2.45, 2.75) is 4.58 Å². The molecule has 0 radical (unpaired) electrons. The Morgan fingerprint density at radius 1 is 1.06 bits per heavy atom. The van der Waals surface area contributed by atoms with E-state index in [2.05, 4.69) is 0 Å². The molecule has 0 unspecified atom stereocenters. The normalized spacial score (nSPS) is 10.8. The summed E-state index contributed by atoms with van der Waals surface area (Å²) in [4.78, 5) is 0. The second-order valence-corrected chi connectivity index (χ2v) is 6.02. The predicted molar refractivity (Wildman–Crippen MR) is 74.8 cm³/mol. The summed E-state index contributed by atoms with van der Waals surface area (Å²) in [5, 5.41) is 17.7. The van der Waals surface area contributed by atoms with Crippen LogP contribution in [0.5, 0.6) is 5.75 Å². The van der Waals surface area contributed by atoms with Gasteiger partial charge in [-0.25, -0.2) is 0 Å². The van der Waals surface area contributed by atoms with Gasteiger partial charge in [0.25, 0.3) is 0 Å². The first-order chi connectivity index (χ1) is 8.31. The number of rotatable bonds is 8. The molecule has 0 saturated heterocycles. The molecule has 5 heteroatoms. The fourth-order valence-corrected chi connectivity index (χ4v) is 3.62. The second kappa shape index (κ2) is 8.69. The van der Waals surface area contributed by atoms with Gasteiger partial charge in [0.05, 0.1) is 24.9 Å². The molecule has 0 amide bonds. The third-order valence-electron chi connectivity index (χ3n) is 2.11. The standard InChI is InChI=1S/C12H18O3S2/c1-15-11-4-2-10(3-5-11)12(16-8-6-13)17-9-7-14/h2-5,12-14H,6-9H2,1H3. The fraction of sp³-hybridized carbons (Fsp3) is 0.500. The summed E-state index contributed by atoms with van der Waals surface area (Å²) in [6.45, 7) is 0.355. The Morgan fingerprint density at radius 3 is 2.00 bits per heavy atom. The van der Waals surface area contributed by atoms with Crippen LogP contribution in [0, 0.1) is 0 Å². The summed E-state index contributed by atoms with van der Waals surface area (Å²) in [5.41, 5.74) is 1.18. The average Bonchev–Trinajstić information content (AvgIpc) is 2.39. The molecule has 0 aliphatic carbocycles. The van der Waals surface area contributed by atoms with E-state index in [1.807, 2.05) is 24.3 Å². The number of hydrogen-bond donors (Lipinski definition) is 2. The van der Waals surface area contributed by atoms with Gasteiger partial charge in [-0.2, -0.15) is 0 Å². The van der Waals surface area contributed by atoms with E-state index in [-0.39, 0.29) is 17.8 Å². The van der Waals surface area contributed by atoms with Crippen LogP contribution in [0.15, 0.2) is 24.3 Å². The van der Waals surface area contributed by atoms with Crippen molar-refractivity contribution in [3.05, 3.63) is 29.8 Å². The molecule has 17 heavy (non-hydrogen) atoms. The first-order valence-electron chi connectivity index (χ1n) is 5.40. The number of aliphatic hydroxyl groups is 2. The molecule has 2 N–H and O–H groups in total. The van der Waals surface area contributed by atoms with Crippen molar-refractivity contribution in [2.75, 3.05) is 31.8 Å². The molecule has 0 saturated carbocycles. The van der Waals surface area contributed by atoms with Crippen LogP contribution in [-0.2, 0) is 0 Å². The topological polar surface area (TPSA) is 49.7 Å². The predicted octanol–water partition coefficient (Wildman–Crippen LogP) is 2.14. The quantitative estimate of drug-likeness (QED) is 0.711. The zero-order chi connectivity index (χ0) is 12.5. The third-order valence-corrected chi connectivity index (χ3v) is 4.91. The van der Waals surface area contributed by atoms with Gasteiger partial charge in [-0.15, -0.1) is 23.5 Å². The number of aliphatic hydroxyl groups excluding tert-OH is 2. The SMILES string of the molecule is COc1ccc(C(SCCO)SCCO)cc1. The van der Waals surface area contributed by atoms with E-state index in [1.165, 1.54) is 5.56 Å². The van der Waals surface area contributed by atoms with Crippen molar-refractivity contribution < 1.29 is 14.9 Å². The monoisotopic (exact) mass is 274 g/mol. The van der Waals surface area contributed by atoms with Crippen LogP contribution in [-0.4, -0.2) is 42.0 Å². The molecule has 0 aliphatic heterocycles. The van der Waals surface area contributed by atoms with Crippen LogP contribution in [0.2, 0.25) is 0 Å². The number of thioether (sulfide) groups is 2. The van der Waals surface area contributed by atoms with Crippen molar-refractivity contribution in [3.63, 3.8) is 0 Å². The van der Waals surface area contributed by atoms with Gasteiger partial charge in [0.15, 0.2) is 0 Å². The van der Waals surface area contributed by atoms with Crippen molar-refractivity contribution in [3.8, 4) is 5.75 Å². The minimum absolute atomic E-state index is 0.178. The lowest BCUT2D eigenvalue weighted by molar-refractivity contribution is 0.322. The van der Waals surface area contributed by atoms with Crippen molar-refractivity contribution in [1.29, 1.82) is 0 Å². The number of ether oxygens (including phenoxy) is 1. The van der Waals surface area contributed by atoms with Gasteiger partial charge in [-0.05, 0) is 17.7 Å². The van der Waals surface area contributed by atoms with E-state index in [0.29, 0.717) is 11.5 Å². The molecule has 0 heterocycles. The fourth-order valence-electron chi connectivity index (χ4n) is 1.32. The van der Waals surface area contributed by atoms with Crippen molar-refractivity contribution in [2.24, 2.45) is 0 Å². The largest absolute Gasteiger partial charge is 0.497 e. The minimum atomic E-state index is 0.178. The van der Waals surface area contributed by atoms with E-state index in [9.17, 15) is 0 Å². The number of benzene rings is 1. The Labute approximate surface area is 111 Å². The van der Waals surface area contributed by atoms with Crippen LogP contribution in [0.25, 0.3) is 0 Å². The molecular formula is C12H18O3S2. The van der Waals surface area contributed by atoms with Gasteiger partial charge < -0.3 is 14.9 Å². The maximum atomic E-state index is 8.87. The van der Waals surface area contributed by atoms with Gasteiger partial charge in [-0.3, -0.25) is 0 Å². The molecule has 96 valence electrons. The average molecular weight is 274 g/mol. The first kappa shape index (κ1) is 14.7. The van der Waals surface area contributed by atoms with Crippen molar-refractivity contribution >= 4 is 23.5 Å². The maximum absolute atomic E-state index is 8.87. The summed E-state index contributed by atoms with van der Waals surface area (Å²) in [6, 6.07) is 7.92. The molecule has 0 aromatic heterocycles. The van der Waals surface area contributed by atoms with Gasteiger partial charge >= 0.3 is 0 Å². The first-order valence-corrected chi connectivity index (χ1v) is 7.50. The summed E-state index contributed by atoms with van der Waals surface area (Å²) in [6.07, 6.45) is 0. The Hall–Kier alpha value is -0.360. The van der Waals surface area contributed by atoms with Crippen LogP contribution >= 0.6 is 23.5 Å². The Balaban J connectivity index is 2.65. The van der Waals surface area contributed by atoms with E-state index in [1.54, 1.807) is 30.6 Å². The molecule has 3 nitrogen and oxygen atoms in total. The highest BCUT2D eigenvalue weighted by Crippen LogP contribution is 2.39. The Kier molecular flexibility index (Phi) is 7.51. The van der Waals surface area contributed by atoms with E-state index < -0.39 is 0 Å². The Bertz CT molecular complexity index is 295. The molecule has 0 fully saturated rings. The molecular weight excluding hydrogens is 256 g/mol. The molecule has 1 rings (SSSR count). The summed E-state index contributed by atoms with van der Waals surface area (Å²) < 4.78 is 5.37. The van der Waals surface area contributed by atoms with E-state index in [0.717, 1.165) is 5.75 Å². The van der Waals surface area contributed by atoms with Crippen LogP contribution in [0.4, 0.5) is 0 Å². The van der Waals surface area contributed by atoms with Gasteiger partial charge in [0, 0.05) is 11.5 Å². The molecule has 1 aromatic carbocycles. The van der Waals surface area contributed by atoms with Gasteiger partial charge in [0.1, 0.15) is 5.75 Å². The lowest BCUT2D eigenvalue weighted by atomic mass is 10.2.